The van der Waals surface area contributed by atoms with Crippen molar-refractivity contribution in [3.8, 4) is 23.3 Å². The summed E-state index contributed by atoms with van der Waals surface area (Å²) >= 11 is 0. The molecule has 174 valence electrons. The van der Waals surface area contributed by atoms with Gasteiger partial charge in [-0.3, -0.25) is 4.79 Å². The largest absolute Gasteiger partial charge is 0.493 e. The SMILES string of the molecule is COC(=O)C(=O)N1CC(c2ccc(OC)c(OCC#Cc3ccccc3)c2)C(C)(C(C)O)C1. The maximum atomic E-state index is 12.4. The molecule has 1 aliphatic rings. The smallest absolute Gasteiger partial charge is 0.396 e. The van der Waals surface area contributed by atoms with Gasteiger partial charge < -0.3 is 24.2 Å². The second kappa shape index (κ2) is 10.4. The van der Waals surface area contributed by atoms with Gasteiger partial charge in [0.15, 0.2) is 11.5 Å². The van der Waals surface area contributed by atoms with Gasteiger partial charge in [0.1, 0.15) is 6.61 Å². The van der Waals surface area contributed by atoms with Crippen LogP contribution < -0.4 is 9.47 Å². The van der Waals surface area contributed by atoms with Crippen LogP contribution in [0.5, 0.6) is 11.5 Å². The topological polar surface area (TPSA) is 85.3 Å². The average Bonchev–Trinajstić information content (AvgIpc) is 3.20. The molecule has 1 heterocycles. The molecule has 0 saturated carbocycles. The van der Waals surface area contributed by atoms with Crippen molar-refractivity contribution in [3.05, 3.63) is 59.7 Å². The van der Waals surface area contributed by atoms with Crippen LogP contribution in [0.25, 0.3) is 0 Å². The first-order valence-corrected chi connectivity index (χ1v) is 10.7. The molecule has 0 spiro atoms. The Labute approximate surface area is 194 Å². The quantitative estimate of drug-likeness (QED) is 0.427. The monoisotopic (exact) mass is 451 g/mol. The number of nitrogens with zero attached hydrogens (tertiary/aromatic N) is 1. The fraction of sp³-hybridized carbons (Fsp3) is 0.385. The van der Waals surface area contributed by atoms with Gasteiger partial charge >= 0.3 is 11.9 Å². The van der Waals surface area contributed by atoms with Crippen LogP contribution in [0.15, 0.2) is 48.5 Å². The van der Waals surface area contributed by atoms with Crippen LogP contribution in [0, 0.1) is 17.3 Å². The minimum absolute atomic E-state index is 0.167. The van der Waals surface area contributed by atoms with Gasteiger partial charge in [-0.15, -0.1) is 0 Å². The van der Waals surface area contributed by atoms with Crippen LogP contribution in [-0.4, -0.2) is 61.9 Å². The highest BCUT2D eigenvalue weighted by atomic mass is 16.5. The van der Waals surface area contributed by atoms with E-state index in [2.05, 4.69) is 16.6 Å². The van der Waals surface area contributed by atoms with Crippen molar-refractivity contribution in [1.29, 1.82) is 0 Å². The molecule has 0 bridgehead atoms. The molecule has 7 heteroatoms. The van der Waals surface area contributed by atoms with Crippen LogP contribution >= 0.6 is 0 Å². The van der Waals surface area contributed by atoms with Crippen LogP contribution in [0.1, 0.15) is 30.9 Å². The number of ether oxygens (including phenoxy) is 3. The second-order valence-electron chi connectivity index (χ2n) is 8.28. The van der Waals surface area contributed by atoms with E-state index in [0.717, 1.165) is 11.1 Å². The predicted molar refractivity (Wildman–Crippen MR) is 123 cm³/mol. The summed E-state index contributed by atoms with van der Waals surface area (Å²) < 4.78 is 15.9. The standard InChI is InChI=1S/C26H29NO6/c1-18(28)26(2)17-27(24(29)25(30)32-4)16-21(26)20-12-13-22(31-3)23(15-20)33-14-8-11-19-9-6-5-7-10-19/h5-7,9-10,12-13,15,18,21,28H,14,16-17H2,1-4H3. The van der Waals surface area contributed by atoms with Crippen molar-refractivity contribution in [1.82, 2.24) is 4.90 Å². The third kappa shape index (κ3) is 5.29. The number of likely N-dealkylation sites (tertiary alicyclic amines) is 1. The van der Waals surface area contributed by atoms with E-state index in [1.165, 1.54) is 12.0 Å². The van der Waals surface area contributed by atoms with Crippen molar-refractivity contribution in [3.63, 3.8) is 0 Å². The lowest BCUT2D eigenvalue weighted by Crippen LogP contribution is -2.40. The summed E-state index contributed by atoms with van der Waals surface area (Å²) in [6, 6.07) is 15.2. The molecular weight excluding hydrogens is 422 g/mol. The van der Waals surface area contributed by atoms with Crippen molar-refractivity contribution in [2.45, 2.75) is 25.9 Å². The van der Waals surface area contributed by atoms with Crippen LogP contribution in [0.4, 0.5) is 0 Å². The summed E-state index contributed by atoms with van der Waals surface area (Å²) in [5, 5.41) is 10.6. The zero-order valence-electron chi connectivity index (χ0n) is 19.3. The van der Waals surface area contributed by atoms with E-state index in [-0.39, 0.29) is 25.6 Å². The Kier molecular flexibility index (Phi) is 7.62. The lowest BCUT2D eigenvalue weighted by Gasteiger charge is -2.33. The molecule has 33 heavy (non-hydrogen) atoms. The number of carbonyl (C=O) groups is 2. The fourth-order valence-electron chi connectivity index (χ4n) is 4.09. The number of aliphatic hydroxyl groups is 1. The van der Waals surface area contributed by atoms with Gasteiger partial charge in [0, 0.05) is 30.0 Å². The molecule has 2 aromatic carbocycles. The fourth-order valence-corrected chi connectivity index (χ4v) is 4.09. The Balaban J connectivity index is 1.84. The van der Waals surface area contributed by atoms with Crippen LogP contribution in [0.3, 0.4) is 0 Å². The van der Waals surface area contributed by atoms with Gasteiger partial charge in [0.25, 0.3) is 0 Å². The molecular formula is C26H29NO6. The second-order valence-corrected chi connectivity index (χ2v) is 8.28. The highest BCUT2D eigenvalue weighted by molar-refractivity contribution is 6.32. The van der Waals surface area contributed by atoms with Crippen LogP contribution in [-0.2, 0) is 14.3 Å². The van der Waals surface area contributed by atoms with E-state index in [1.807, 2.05) is 49.4 Å². The van der Waals surface area contributed by atoms with E-state index >= 15 is 0 Å². The van der Waals surface area contributed by atoms with E-state index in [4.69, 9.17) is 9.47 Å². The normalized spacial score (nSPS) is 20.4. The zero-order chi connectivity index (χ0) is 24.0. The lowest BCUT2D eigenvalue weighted by molar-refractivity contribution is -0.157. The number of methoxy groups -OCH3 is 2. The summed E-state index contributed by atoms with van der Waals surface area (Å²) in [5.41, 5.74) is 1.10. The molecule has 3 unspecified atom stereocenters. The molecule has 3 rings (SSSR count). The van der Waals surface area contributed by atoms with E-state index in [1.54, 1.807) is 20.1 Å². The van der Waals surface area contributed by atoms with Crippen molar-refractivity contribution in [2.24, 2.45) is 5.41 Å². The number of amides is 1. The van der Waals surface area contributed by atoms with Gasteiger partial charge in [-0.2, -0.15) is 0 Å². The number of carbonyl (C=O) groups excluding carboxylic acids is 2. The third-order valence-corrected chi connectivity index (χ3v) is 6.23. The lowest BCUT2D eigenvalue weighted by atomic mass is 9.72. The summed E-state index contributed by atoms with van der Waals surface area (Å²) in [7, 11) is 2.74. The molecule has 3 atom stereocenters. The summed E-state index contributed by atoms with van der Waals surface area (Å²) in [6.45, 7) is 4.27. The number of hydrogen-bond donors (Lipinski definition) is 1. The number of aliphatic hydroxyl groups excluding tert-OH is 1. The van der Waals surface area contributed by atoms with Gasteiger partial charge in [0.05, 0.1) is 20.3 Å². The number of esters is 1. The predicted octanol–water partition coefficient (Wildman–Crippen LogP) is 2.61. The molecule has 1 amide bonds. The maximum Gasteiger partial charge on any atom is 0.396 e. The Morgan fingerprint density at radius 3 is 2.55 bits per heavy atom. The zero-order valence-corrected chi connectivity index (χ0v) is 19.3. The molecule has 1 aliphatic heterocycles. The van der Waals surface area contributed by atoms with E-state index in [9.17, 15) is 14.7 Å². The third-order valence-electron chi connectivity index (χ3n) is 6.23. The van der Waals surface area contributed by atoms with Gasteiger partial charge in [-0.25, -0.2) is 4.79 Å². The minimum atomic E-state index is -0.917. The Morgan fingerprint density at radius 2 is 1.91 bits per heavy atom. The molecule has 0 aliphatic carbocycles. The summed E-state index contributed by atoms with van der Waals surface area (Å²) in [4.78, 5) is 25.6. The number of rotatable bonds is 5. The van der Waals surface area contributed by atoms with Crippen molar-refractivity contribution < 1.29 is 28.9 Å². The molecule has 1 saturated heterocycles. The van der Waals surface area contributed by atoms with Crippen molar-refractivity contribution in [2.75, 3.05) is 33.9 Å². The summed E-state index contributed by atoms with van der Waals surface area (Å²) in [5.74, 6) is 5.25. The molecule has 1 N–H and O–H groups in total. The molecule has 1 fully saturated rings. The minimum Gasteiger partial charge on any atom is -0.493 e. The average molecular weight is 452 g/mol. The van der Waals surface area contributed by atoms with Gasteiger partial charge in [-0.05, 0) is 36.8 Å². The highest BCUT2D eigenvalue weighted by Crippen LogP contribution is 2.46. The summed E-state index contributed by atoms with van der Waals surface area (Å²) in [6.07, 6.45) is -0.721. The molecule has 7 nitrogen and oxygen atoms in total. The maximum absolute atomic E-state index is 12.4. The van der Waals surface area contributed by atoms with Crippen LogP contribution in [0.2, 0.25) is 0 Å². The van der Waals surface area contributed by atoms with Crippen molar-refractivity contribution >= 4 is 11.9 Å². The molecule has 2 aromatic rings. The number of benzene rings is 2. The first kappa shape index (κ1) is 24.1. The Morgan fingerprint density at radius 1 is 1.18 bits per heavy atom. The van der Waals surface area contributed by atoms with Gasteiger partial charge in [0.2, 0.25) is 0 Å². The molecule has 0 aromatic heterocycles. The van der Waals surface area contributed by atoms with E-state index in [0.29, 0.717) is 11.5 Å². The first-order chi connectivity index (χ1) is 15.8. The Hall–Kier alpha value is -3.50. The molecule has 0 radical (unpaired) electrons. The van der Waals surface area contributed by atoms with Gasteiger partial charge in [-0.1, -0.05) is 43.0 Å². The number of hydrogen-bond acceptors (Lipinski definition) is 6. The first-order valence-electron chi connectivity index (χ1n) is 10.7. The van der Waals surface area contributed by atoms with E-state index < -0.39 is 23.4 Å². The Bertz CT molecular complexity index is 1060. The highest BCUT2D eigenvalue weighted by Gasteiger charge is 2.49.